The Labute approximate surface area is 157 Å². The quantitative estimate of drug-likeness (QED) is 0.608. The molecule has 0 unspecified atom stereocenters. The molecule has 1 aliphatic carbocycles. The van der Waals surface area contributed by atoms with Crippen molar-refractivity contribution >= 4 is 32.7 Å². The van der Waals surface area contributed by atoms with Gasteiger partial charge in [-0.2, -0.15) is 5.10 Å². The van der Waals surface area contributed by atoms with E-state index in [4.69, 9.17) is 0 Å². The molecule has 1 aliphatic rings. The standard InChI is InChI=1S/C19H20N4O3S/c1-27(25,26)20-11-12-3-2-4-14(9-12)15-7-8-16-17(10-15)22-23-18(16)21-19(24)13-5-6-13/h2-4,7-10,13,20H,5-6,11H2,1H3,(H2,21,22,23,24). The SMILES string of the molecule is CS(=O)(=O)NCc1cccc(-c2ccc3c(NC(=O)C4CC4)n[nH]c3c2)c1. The number of nitrogens with one attached hydrogen (secondary N) is 3. The van der Waals surface area contributed by atoms with Crippen LogP contribution in [0.5, 0.6) is 0 Å². The fraction of sp³-hybridized carbons (Fsp3) is 0.263. The van der Waals surface area contributed by atoms with Gasteiger partial charge in [0.05, 0.1) is 11.8 Å². The van der Waals surface area contributed by atoms with Gasteiger partial charge in [0.25, 0.3) is 0 Å². The number of rotatable bonds is 6. The minimum Gasteiger partial charge on any atom is -0.308 e. The highest BCUT2D eigenvalue weighted by Gasteiger charge is 2.30. The second kappa shape index (κ2) is 6.79. The summed E-state index contributed by atoms with van der Waals surface area (Å²) in [7, 11) is -3.24. The van der Waals surface area contributed by atoms with Gasteiger partial charge in [-0.05, 0) is 47.7 Å². The summed E-state index contributed by atoms with van der Waals surface area (Å²) in [5.74, 6) is 0.706. The predicted molar refractivity (Wildman–Crippen MR) is 105 cm³/mol. The van der Waals surface area contributed by atoms with E-state index in [1.54, 1.807) is 0 Å². The first-order chi connectivity index (χ1) is 12.9. The van der Waals surface area contributed by atoms with E-state index >= 15 is 0 Å². The van der Waals surface area contributed by atoms with E-state index in [1.165, 1.54) is 0 Å². The van der Waals surface area contributed by atoms with Crippen LogP contribution >= 0.6 is 0 Å². The third-order valence-electron chi connectivity index (χ3n) is 4.55. The normalized spacial score (nSPS) is 14.4. The van der Waals surface area contributed by atoms with Crippen molar-refractivity contribution in [2.45, 2.75) is 19.4 Å². The van der Waals surface area contributed by atoms with E-state index in [1.807, 2.05) is 42.5 Å². The van der Waals surface area contributed by atoms with E-state index in [-0.39, 0.29) is 18.4 Å². The van der Waals surface area contributed by atoms with E-state index < -0.39 is 10.0 Å². The fourth-order valence-electron chi connectivity index (χ4n) is 2.93. The lowest BCUT2D eigenvalue weighted by atomic mass is 10.0. The number of carbonyl (C=O) groups is 1. The maximum atomic E-state index is 12.0. The average Bonchev–Trinajstić information content (AvgIpc) is 3.42. The van der Waals surface area contributed by atoms with Crippen LogP contribution < -0.4 is 10.0 Å². The summed E-state index contributed by atoms with van der Waals surface area (Å²) in [6.45, 7) is 0.246. The number of carbonyl (C=O) groups excluding carboxylic acids is 1. The Morgan fingerprint density at radius 2 is 1.96 bits per heavy atom. The van der Waals surface area contributed by atoms with Crippen LogP contribution in [0.1, 0.15) is 18.4 Å². The van der Waals surface area contributed by atoms with Gasteiger partial charge in [0, 0.05) is 17.8 Å². The number of nitrogens with zero attached hydrogens (tertiary/aromatic N) is 1. The van der Waals surface area contributed by atoms with Gasteiger partial charge >= 0.3 is 0 Å². The highest BCUT2D eigenvalue weighted by Crippen LogP contribution is 2.32. The van der Waals surface area contributed by atoms with Crippen molar-refractivity contribution in [1.29, 1.82) is 0 Å². The lowest BCUT2D eigenvalue weighted by Gasteiger charge is -2.07. The number of fused-ring (bicyclic) bond motifs is 1. The number of aromatic amines is 1. The number of sulfonamides is 1. The third kappa shape index (κ3) is 4.17. The fourth-order valence-corrected chi connectivity index (χ4v) is 3.36. The summed E-state index contributed by atoms with van der Waals surface area (Å²) < 4.78 is 25.1. The van der Waals surface area contributed by atoms with Gasteiger partial charge in [0.15, 0.2) is 5.82 Å². The molecule has 140 valence electrons. The van der Waals surface area contributed by atoms with Crippen molar-refractivity contribution in [2.24, 2.45) is 5.92 Å². The number of hydrogen-bond acceptors (Lipinski definition) is 4. The van der Waals surface area contributed by atoms with Gasteiger partial charge < -0.3 is 5.32 Å². The molecule has 2 aromatic carbocycles. The van der Waals surface area contributed by atoms with Crippen molar-refractivity contribution < 1.29 is 13.2 Å². The summed E-state index contributed by atoms with van der Waals surface area (Å²) >= 11 is 0. The summed E-state index contributed by atoms with van der Waals surface area (Å²) in [6.07, 6.45) is 3.04. The Morgan fingerprint density at radius 3 is 2.70 bits per heavy atom. The summed E-state index contributed by atoms with van der Waals surface area (Å²) in [6, 6.07) is 13.6. The smallest absolute Gasteiger partial charge is 0.228 e. The number of benzene rings is 2. The molecule has 0 atom stereocenters. The molecule has 1 fully saturated rings. The van der Waals surface area contributed by atoms with Crippen LogP contribution in [0.4, 0.5) is 5.82 Å². The van der Waals surface area contributed by atoms with Crippen LogP contribution in [0.3, 0.4) is 0 Å². The lowest BCUT2D eigenvalue weighted by Crippen LogP contribution is -2.21. The van der Waals surface area contributed by atoms with Crippen LogP contribution in [0.15, 0.2) is 42.5 Å². The first kappa shape index (κ1) is 17.7. The lowest BCUT2D eigenvalue weighted by molar-refractivity contribution is -0.117. The van der Waals surface area contributed by atoms with Gasteiger partial charge in [-0.1, -0.05) is 24.3 Å². The summed E-state index contributed by atoms with van der Waals surface area (Å²) in [5, 5.41) is 10.9. The monoisotopic (exact) mass is 384 g/mol. The molecule has 1 saturated carbocycles. The molecule has 1 amide bonds. The highest BCUT2D eigenvalue weighted by molar-refractivity contribution is 7.88. The largest absolute Gasteiger partial charge is 0.308 e. The number of anilines is 1. The Hall–Kier alpha value is -2.71. The predicted octanol–water partition coefficient (Wildman–Crippen LogP) is 2.63. The number of H-pyrrole nitrogens is 1. The molecular weight excluding hydrogens is 364 g/mol. The molecule has 8 heteroatoms. The van der Waals surface area contributed by atoms with Gasteiger partial charge in [-0.25, -0.2) is 13.1 Å². The molecule has 4 rings (SSSR count). The zero-order chi connectivity index (χ0) is 19.0. The van der Waals surface area contributed by atoms with Gasteiger partial charge in [0.1, 0.15) is 0 Å². The molecule has 0 spiro atoms. The summed E-state index contributed by atoms with van der Waals surface area (Å²) in [4.78, 5) is 12.0. The van der Waals surface area contributed by atoms with Crippen molar-refractivity contribution in [1.82, 2.24) is 14.9 Å². The molecule has 1 heterocycles. The average molecular weight is 384 g/mol. The van der Waals surface area contributed by atoms with Gasteiger partial charge in [0.2, 0.25) is 15.9 Å². The number of hydrogen-bond donors (Lipinski definition) is 3. The van der Waals surface area contributed by atoms with Crippen LogP contribution in [0, 0.1) is 5.92 Å². The van der Waals surface area contributed by atoms with Crippen molar-refractivity contribution in [3.63, 3.8) is 0 Å². The maximum Gasteiger partial charge on any atom is 0.228 e. The molecule has 7 nitrogen and oxygen atoms in total. The number of amides is 1. The Bertz CT molecular complexity index is 1120. The minimum absolute atomic E-state index is 0.0264. The van der Waals surface area contributed by atoms with Gasteiger partial charge in [-0.15, -0.1) is 0 Å². The van der Waals surface area contributed by atoms with E-state index in [0.29, 0.717) is 5.82 Å². The molecule has 0 saturated heterocycles. The molecule has 0 radical (unpaired) electrons. The van der Waals surface area contributed by atoms with E-state index in [0.717, 1.165) is 46.7 Å². The molecule has 0 aliphatic heterocycles. The van der Waals surface area contributed by atoms with Crippen LogP contribution in [-0.4, -0.2) is 30.8 Å². The summed E-state index contributed by atoms with van der Waals surface area (Å²) in [5.41, 5.74) is 3.66. The second-order valence-corrected chi connectivity index (χ2v) is 8.72. The third-order valence-corrected chi connectivity index (χ3v) is 5.22. The number of aromatic nitrogens is 2. The maximum absolute atomic E-state index is 12.0. The highest BCUT2D eigenvalue weighted by atomic mass is 32.2. The molecular formula is C19H20N4O3S. The zero-order valence-corrected chi connectivity index (χ0v) is 15.6. The van der Waals surface area contributed by atoms with E-state index in [2.05, 4.69) is 20.2 Å². The minimum atomic E-state index is -3.24. The first-order valence-electron chi connectivity index (χ1n) is 8.72. The topological polar surface area (TPSA) is 104 Å². The van der Waals surface area contributed by atoms with Crippen LogP contribution in [0.2, 0.25) is 0 Å². The van der Waals surface area contributed by atoms with Crippen LogP contribution in [-0.2, 0) is 21.4 Å². The molecule has 3 aromatic rings. The van der Waals surface area contributed by atoms with Gasteiger partial charge in [-0.3, -0.25) is 9.89 Å². The van der Waals surface area contributed by atoms with Crippen molar-refractivity contribution in [3.8, 4) is 11.1 Å². The van der Waals surface area contributed by atoms with Crippen LogP contribution in [0.25, 0.3) is 22.0 Å². The molecule has 0 bridgehead atoms. The molecule has 1 aromatic heterocycles. The second-order valence-electron chi connectivity index (χ2n) is 6.89. The Morgan fingerprint density at radius 1 is 1.19 bits per heavy atom. The van der Waals surface area contributed by atoms with Crippen molar-refractivity contribution in [3.05, 3.63) is 48.0 Å². The Balaban J connectivity index is 1.58. The van der Waals surface area contributed by atoms with Crippen molar-refractivity contribution in [2.75, 3.05) is 11.6 Å². The Kier molecular flexibility index (Phi) is 4.45. The zero-order valence-electron chi connectivity index (χ0n) is 14.8. The molecule has 3 N–H and O–H groups in total. The van der Waals surface area contributed by atoms with E-state index in [9.17, 15) is 13.2 Å². The molecule has 27 heavy (non-hydrogen) atoms. The first-order valence-corrected chi connectivity index (χ1v) is 10.6.